The van der Waals surface area contributed by atoms with Crippen LogP contribution in [0.15, 0.2) is 6.33 Å². The molecule has 1 aromatic rings. The van der Waals surface area contributed by atoms with Gasteiger partial charge < -0.3 is 0 Å². The first-order chi connectivity index (χ1) is 3.80. The van der Waals surface area contributed by atoms with Crippen molar-refractivity contribution in [3.8, 4) is 0 Å². The summed E-state index contributed by atoms with van der Waals surface area (Å²) in [6.45, 7) is 4.14. The summed E-state index contributed by atoms with van der Waals surface area (Å²) in [7, 11) is 0. The number of aromatic amines is 1. The highest BCUT2D eigenvalue weighted by molar-refractivity contribution is 4.86. The van der Waals surface area contributed by atoms with Gasteiger partial charge in [0, 0.05) is 7.34 Å². The lowest BCUT2D eigenvalue weighted by atomic mass is 10.2. The Hall–Kier alpha value is -0.860. The number of hydrogen-bond donors (Lipinski definition) is 1. The first kappa shape index (κ1) is 5.28. The van der Waals surface area contributed by atoms with E-state index in [1.54, 1.807) is 0 Å². The number of nitrogens with one attached hydrogen (secondary N) is 1. The molecule has 0 unspecified atom stereocenters. The monoisotopic (exact) mass is 113 g/mol. The van der Waals surface area contributed by atoms with Gasteiger partial charge in [-0.3, -0.25) is 5.10 Å². The highest BCUT2D eigenvalue weighted by Crippen LogP contribution is 2.04. The normalized spacial score (nSPS) is 10.4. The van der Waals surface area contributed by atoms with Gasteiger partial charge in [-0.25, -0.2) is 4.98 Å². The van der Waals surface area contributed by atoms with Gasteiger partial charge in [0.15, 0.2) is 0 Å². The maximum atomic E-state index is 3.95. The third-order valence-corrected chi connectivity index (χ3v) is 0.981. The molecule has 46 valence electrons. The van der Waals surface area contributed by atoms with E-state index in [0.29, 0.717) is 5.92 Å². The molecule has 1 rings (SSSR count). The van der Waals surface area contributed by atoms with E-state index < -0.39 is 0 Å². The number of aromatic nitrogens is 3. The second kappa shape index (κ2) is 1.94. The molecule has 0 aliphatic rings. The molecule has 1 heterocycles. The standard InChI is InChI=1S/C5H9N3.H2/c1-4(2)5-6-3-7-8-5;/h3-4H,1-2H3,(H,6,7,8);1H. The topological polar surface area (TPSA) is 41.6 Å². The average molecular weight is 113 g/mol. The van der Waals surface area contributed by atoms with Crippen molar-refractivity contribution in [3.63, 3.8) is 0 Å². The van der Waals surface area contributed by atoms with Crippen LogP contribution in [0.25, 0.3) is 0 Å². The minimum Gasteiger partial charge on any atom is -0.263 e. The fraction of sp³-hybridized carbons (Fsp3) is 0.600. The molecule has 0 aliphatic carbocycles. The van der Waals surface area contributed by atoms with Gasteiger partial charge in [-0.1, -0.05) is 13.8 Å². The number of rotatable bonds is 1. The molecule has 0 saturated heterocycles. The van der Waals surface area contributed by atoms with E-state index in [2.05, 4.69) is 29.0 Å². The highest BCUT2D eigenvalue weighted by atomic mass is 15.2. The van der Waals surface area contributed by atoms with E-state index in [9.17, 15) is 0 Å². The van der Waals surface area contributed by atoms with Crippen molar-refractivity contribution in [2.75, 3.05) is 0 Å². The summed E-state index contributed by atoms with van der Waals surface area (Å²) in [6.07, 6.45) is 1.52. The quantitative estimate of drug-likeness (QED) is 0.594. The van der Waals surface area contributed by atoms with E-state index in [0.717, 1.165) is 5.82 Å². The van der Waals surface area contributed by atoms with Gasteiger partial charge in [0.2, 0.25) is 0 Å². The third-order valence-electron chi connectivity index (χ3n) is 0.981. The van der Waals surface area contributed by atoms with Crippen molar-refractivity contribution in [2.45, 2.75) is 19.8 Å². The predicted molar refractivity (Wildman–Crippen MR) is 32.6 cm³/mol. The Kier molecular flexibility index (Phi) is 1.28. The lowest BCUT2D eigenvalue weighted by Gasteiger charge is -1.93. The molecule has 0 aliphatic heterocycles. The SMILES string of the molecule is CC(C)c1ncn[nH]1.[HH]. The van der Waals surface area contributed by atoms with Crippen LogP contribution in [0.4, 0.5) is 0 Å². The summed E-state index contributed by atoms with van der Waals surface area (Å²) >= 11 is 0. The van der Waals surface area contributed by atoms with Crippen LogP contribution in [-0.4, -0.2) is 15.2 Å². The summed E-state index contributed by atoms with van der Waals surface area (Å²) in [5, 5.41) is 6.48. The van der Waals surface area contributed by atoms with Crippen LogP contribution < -0.4 is 0 Å². The first-order valence-electron chi connectivity index (χ1n) is 2.66. The van der Waals surface area contributed by atoms with Gasteiger partial charge >= 0.3 is 0 Å². The van der Waals surface area contributed by atoms with Crippen molar-refractivity contribution in [1.29, 1.82) is 0 Å². The van der Waals surface area contributed by atoms with Crippen LogP contribution in [0, 0.1) is 0 Å². The Morgan fingerprint density at radius 2 is 2.50 bits per heavy atom. The van der Waals surface area contributed by atoms with Crippen LogP contribution in [0.2, 0.25) is 0 Å². The van der Waals surface area contributed by atoms with E-state index in [-0.39, 0.29) is 1.43 Å². The van der Waals surface area contributed by atoms with Gasteiger partial charge in [-0.15, -0.1) is 0 Å². The summed E-state index contributed by atoms with van der Waals surface area (Å²) in [6, 6.07) is 0. The molecule has 8 heavy (non-hydrogen) atoms. The molecule has 0 saturated carbocycles. The van der Waals surface area contributed by atoms with E-state index >= 15 is 0 Å². The van der Waals surface area contributed by atoms with Crippen molar-refractivity contribution in [2.24, 2.45) is 0 Å². The van der Waals surface area contributed by atoms with Crippen LogP contribution in [0.1, 0.15) is 27.0 Å². The Morgan fingerprint density at radius 1 is 1.75 bits per heavy atom. The molecule has 0 amide bonds. The second-order valence-corrected chi connectivity index (χ2v) is 2.03. The fourth-order valence-corrected chi connectivity index (χ4v) is 0.493. The summed E-state index contributed by atoms with van der Waals surface area (Å²) in [5.74, 6) is 1.41. The van der Waals surface area contributed by atoms with Crippen LogP contribution in [-0.2, 0) is 0 Å². The van der Waals surface area contributed by atoms with Crippen LogP contribution in [0.5, 0.6) is 0 Å². The van der Waals surface area contributed by atoms with Gasteiger partial charge in [0.25, 0.3) is 0 Å². The summed E-state index contributed by atoms with van der Waals surface area (Å²) in [4.78, 5) is 3.95. The zero-order chi connectivity index (χ0) is 5.98. The van der Waals surface area contributed by atoms with E-state index in [1.165, 1.54) is 6.33 Å². The molecule has 0 atom stereocenters. The Balaban J connectivity index is 0.000000640. The highest BCUT2D eigenvalue weighted by Gasteiger charge is 1.97. The molecular formula is C5H11N3. The van der Waals surface area contributed by atoms with Gasteiger partial charge in [-0.2, -0.15) is 5.10 Å². The fourth-order valence-electron chi connectivity index (χ4n) is 0.493. The average Bonchev–Trinajstić information content (AvgIpc) is 2.12. The Bertz CT molecular complexity index is 147. The number of H-pyrrole nitrogens is 1. The molecule has 0 radical (unpaired) electrons. The van der Waals surface area contributed by atoms with Crippen LogP contribution >= 0.6 is 0 Å². The summed E-state index contributed by atoms with van der Waals surface area (Å²) < 4.78 is 0. The molecule has 3 nitrogen and oxygen atoms in total. The largest absolute Gasteiger partial charge is 0.263 e. The van der Waals surface area contributed by atoms with Crippen molar-refractivity contribution in [1.82, 2.24) is 15.2 Å². The zero-order valence-electron chi connectivity index (χ0n) is 5.05. The lowest BCUT2D eigenvalue weighted by Crippen LogP contribution is -1.88. The molecule has 0 spiro atoms. The summed E-state index contributed by atoms with van der Waals surface area (Å²) in [5.41, 5.74) is 0. The second-order valence-electron chi connectivity index (χ2n) is 2.03. The Morgan fingerprint density at radius 3 is 2.75 bits per heavy atom. The number of nitrogens with zero attached hydrogens (tertiary/aromatic N) is 2. The van der Waals surface area contributed by atoms with Crippen molar-refractivity contribution >= 4 is 0 Å². The minimum absolute atomic E-state index is 0. The maximum Gasteiger partial charge on any atom is 0.137 e. The van der Waals surface area contributed by atoms with E-state index in [1.807, 2.05) is 0 Å². The lowest BCUT2D eigenvalue weighted by molar-refractivity contribution is 0.781. The van der Waals surface area contributed by atoms with Gasteiger partial charge in [0.1, 0.15) is 12.2 Å². The van der Waals surface area contributed by atoms with E-state index in [4.69, 9.17) is 0 Å². The molecule has 3 heteroatoms. The van der Waals surface area contributed by atoms with Crippen molar-refractivity contribution < 1.29 is 1.43 Å². The van der Waals surface area contributed by atoms with Gasteiger partial charge in [-0.05, 0) is 0 Å². The molecule has 0 fully saturated rings. The molecule has 0 bridgehead atoms. The molecule has 0 aromatic carbocycles. The molecule has 1 N–H and O–H groups in total. The minimum atomic E-state index is 0. The van der Waals surface area contributed by atoms with Crippen LogP contribution in [0.3, 0.4) is 0 Å². The first-order valence-corrected chi connectivity index (χ1v) is 2.66. The Labute approximate surface area is 49.6 Å². The molecular weight excluding hydrogens is 102 g/mol. The van der Waals surface area contributed by atoms with Gasteiger partial charge in [0.05, 0.1) is 0 Å². The third kappa shape index (κ3) is 0.857. The number of hydrogen-bond acceptors (Lipinski definition) is 2. The molecule has 1 aromatic heterocycles. The van der Waals surface area contributed by atoms with Crippen molar-refractivity contribution in [3.05, 3.63) is 12.2 Å². The maximum absolute atomic E-state index is 3.95. The predicted octanol–water partition coefficient (Wildman–Crippen LogP) is 1.17. The smallest absolute Gasteiger partial charge is 0.137 e. The zero-order valence-corrected chi connectivity index (χ0v) is 5.05.